The van der Waals surface area contributed by atoms with Gasteiger partial charge in [0.25, 0.3) is 0 Å². The van der Waals surface area contributed by atoms with Crippen LogP contribution < -0.4 is 5.32 Å². The Morgan fingerprint density at radius 3 is 1.40 bits per heavy atom. The van der Waals surface area contributed by atoms with Crippen molar-refractivity contribution in [1.82, 2.24) is 5.32 Å². The molecule has 77 heavy (non-hydrogen) atoms. The van der Waals surface area contributed by atoms with Crippen LogP contribution in [0.5, 0.6) is 0 Å². The van der Waals surface area contributed by atoms with E-state index in [4.69, 9.17) is 14.2 Å². The number of rotatable bonds is 54. The number of ether oxygens (including phenoxy) is 3. The Morgan fingerprint density at radius 2 is 0.935 bits per heavy atom. The molecule has 0 saturated carbocycles. The molecule has 1 amide bonds. The van der Waals surface area contributed by atoms with Gasteiger partial charge < -0.3 is 45.1 Å². The van der Waals surface area contributed by atoms with Crippen LogP contribution in [0.4, 0.5) is 0 Å². The van der Waals surface area contributed by atoms with E-state index in [2.05, 4.69) is 44.3 Å². The highest BCUT2D eigenvalue weighted by Crippen LogP contribution is 2.26. The maximum Gasteiger partial charge on any atom is 0.306 e. The fourth-order valence-electron chi connectivity index (χ4n) is 9.96. The van der Waals surface area contributed by atoms with Gasteiger partial charge >= 0.3 is 5.97 Å². The number of esters is 1. The Bertz CT molecular complexity index is 1480. The molecule has 1 aliphatic rings. The molecule has 8 atom stereocenters. The van der Waals surface area contributed by atoms with Crippen LogP contribution in [-0.2, 0) is 23.8 Å². The quantitative estimate of drug-likeness (QED) is 0.0149. The van der Waals surface area contributed by atoms with Crippen molar-refractivity contribution in [2.45, 2.75) is 333 Å². The van der Waals surface area contributed by atoms with Crippen LogP contribution in [0.25, 0.3) is 0 Å². The molecule has 6 N–H and O–H groups in total. The van der Waals surface area contributed by atoms with Crippen LogP contribution in [0.3, 0.4) is 0 Å². The van der Waals surface area contributed by atoms with E-state index in [-0.39, 0.29) is 13.0 Å². The first-order valence-electron chi connectivity index (χ1n) is 32.1. The minimum atomic E-state index is -1.62. The Balaban J connectivity index is 2.62. The lowest BCUT2D eigenvalue weighted by Crippen LogP contribution is -2.61. The monoisotopic (exact) mass is 1090 g/mol. The van der Waals surface area contributed by atoms with Crippen LogP contribution in [0.15, 0.2) is 60.8 Å². The third-order valence-corrected chi connectivity index (χ3v) is 15.0. The van der Waals surface area contributed by atoms with Crippen LogP contribution in [0.1, 0.15) is 284 Å². The SMILES string of the molecule is CC/C=C/C=C/C=C/C=C\CCCCCCCC(=O)OC1C(OCC(NC(=O)C(O)CCCCCCCCCCCCCCCCCCCCCCCC)C(O)/C=C/CCCCCCCCCCC)OC(CO)C(O)C1O. The average Bonchev–Trinajstić information content (AvgIpc) is 3.43. The van der Waals surface area contributed by atoms with Gasteiger partial charge in [0.05, 0.1) is 25.4 Å². The maximum absolute atomic E-state index is 13.4. The molecule has 0 aromatic heterocycles. The van der Waals surface area contributed by atoms with E-state index >= 15 is 0 Å². The van der Waals surface area contributed by atoms with Crippen molar-refractivity contribution in [1.29, 1.82) is 0 Å². The minimum absolute atomic E-state index is 0.0970. The van der Waals surface area contributed by atoms with E-state index in [1.54, 1.807) is 6.08 Å². The maximum atomic E-state index is 13.4. The van der Waals surface area contributed by atoms with Crippen LogP contribution in [0.2, 0.25) is 0 Å². The second-order valence-electron chi connectivity index (χ2n) is 22.2. The molecule has 0 bridgehead atoms. The molecule has 8 unspecified atom stereocenters. The van der Waals surface area contributed by atoms with E-state index in [1.807, 2.05) is 36.5 Å². The summed E-state index contributed by atoms with van der Waals surface area (Å²) in [4.78, 5) is 26.5. The number of hydrogen-bond acceptors (Lipinski definition) is 10. The van der Waals surface area contributed by atoms with Gasteiger partial charge in [-0.3, -0.25) is 9.59 Å². The Kier molecular flexibility index (Phi) is 50.7. The smallest absolute Gasteiger partial charge is 0.306 e. The summed E-state index contributed by atoms with van der Waals surface area (Å²) in [5, 5.41) is 57.0. The van der Waals surface area contributed by atoms with Crippen molar-refractivity contribution in [2.75, 3.05) is 13.2 Å². The molecule has 1 heterocycles. The average molecular weight is 1090 g/mol. The van der Waals surface area contributed by atoms with E-state index in [0.29, 0.717) is 19.3 Å². The Labute approximate surface area is 471 Å². The second kappa shape index (κ2) is 54.0. The van der Waals surface area contributed by atoms with E-state index < -0.39 is 67.4 Å². The second-order valence-corrected chi connectivity index (χ2v) is 22.2. The van der Waals surface area contributed by atoms with Crippen molar-refractivity contribution < 1.29 is 49.3 Å². The number of aliphatic hydroxyl groups is 5. The van der Waals surface area contributed by atoms with Gasteiger partial charge in [-0.05, 0) is 44.9 Å². The molecule has 0 aromatic rings. The van der Waals surface area contributed by atoms with Crippen molar-refractivity contribution in [3.05, 3.63) is 60.8 Å². The molecule has 1 saturated heterocycles. The van der Waals surface area contributed by atoms with Gasteiger partial charge in [0.2, 0.25) is 5.91 Å². The summed E-state index contributed by atoms with van der Waals surface area (Å²) in [5.74, 6) is -1.21. The Morgan fingerprint density at radius 1 is 0.519 bits per heavy atom. The highest BCUT2D eigenvalue weighted by atomic mass is 16.7. The third-order valence-electron chi connectivity index (χ3n) is 15.0. The molecule has 0 spiro atoms. The predicted octanol–water partition coefficient (Wildman–Crippen LogP) is 15.4. The lowest BCUT2D eigenvalue weighted by Gasteiger charge is -2.41. The number of allylic oxidation sites excluding steroid dienone is 9. The van der Waals surface area contributed by atoms with Crippen LogP contribution >= 0.6 is 0 Å². The molecule has 0 aromatic carbocycles. The Hall–Kier alpha value is -2.64. The first kappa shape index (κ1) is 72.4. The predicted molar refractivity (Wildman–Crippen MR) is 320 cm³/mol. The van der Waals surface area contributed by atoms with Gasteiger partial charge in [0.15, 0.2) is 12.4 Å². The van der Waals surface area contributed by atoms with Gasteiger partial charge in [-0.25, -0.2) is 0 Å². The van der Waals surface area contributed by atoms with Crippen molar-refractivity contribution in [3.8, 4) is 0 Å². The largest absolute Gasteiger partial charge is 0.454 e. The normalized spacial score (nSPS) is 19.4. The summed E-state index contributed by atoms with van der Waals surface area (Å²) in [7, 11) is 0. The first-order chi connectivity index (χ1) is 37.7. The number of carbonyl (C=O) groups excluding carboxylic acids is 2. The lowest BCUT2D eigenvalue weighted by molar-refractivity contribution is -0.305. The summed E-state index contributed by atoms with van der Waals surface area (Å²) in [6.07, 6.45) is 57.0. The number of amides is 1. The molecule has 448 valence electrons. The molecule has 11 nitrogen and oxygen atoms in total. The molecule has 0 radical (unpaired) electrons. The lowest BCUT2D eigenvalue weighted by atomic mass is 9.99. The van der Waals surface area contributed by atoms with E-state index in [1.165, 1.54) is 161 Å². The first-order valence-corrected chi connectivity index (χ1v) is 32.1. The fraction of sp³-hybridized carbons (Fsp3) is 0.818. The number of carbonyl (C=O) groups is 2. The van der Waals surface area contributed by atoms with Gasteiger partial charge in [0, 0.05) is 6.42 Å². The topological polar surface area (TPSA) is 175 Å². The zero-order valence-electron chi connectivity index (χ0n) is 49.6. The number of hydrogen-bond donors (Lipinski definition) is 6. The highest BCUT2D eigenvalue weighted by Gasteiger charge is 2.47. The molecule has 1 fully saturated rings. The summed E-state index contributed by atoms with van der Waals surface area (Å²) >= 11 is 0. The zero-order valence-corrected chi connectivity index (χ0v) is 49.6. The van der Waals surface area contributed by atoms with Crippen molar-refractivity contribution in [2.24, 2.45) is 0 Å². The number of nitrogens with one attached hydrogen (secondary N) is 1. The standard InChI is InChI=1S/C66H119NO10/c1-4-7-10-13-16-19-22-24-26-27-28-29-30-31-32-34-35-38-41-44-47-50-53-59(70)65(74)67-57(58(69)52-49-46-43-40-37-21-18-15-12-9-6-3)56-75-66-64(63(73)62(72)60(55-68)76-66)77-61(71)54-51-48-45-42-39-36-33-25-23-20-17-14-11-8-5-2/h8,11,14,17,20,23,25,33,49,52,57-60,62-64,66,68-70,72-73H,4-7,9-10,12-13,15-16,18-19,21-22,24,26-32,34-48,50-51,53-56H2,1-3H3,(H,67,74)/b11-8+,17-14+,23-20+,33-25-,52-49+. The minimum Gasteiger partial charge on any atom is -0.454 e. The van der Waals surface area contributed by atoms with E-state index in [0.717, 1.165) is 77.0 Å². The molecule has 0 aliphatic carbocycles. The molecular formula is C66H119NO10. The summed E-state index contributed by atoms with van der Waals surface area (Å²) in [5.41, 5.74) is 0. The fourth-order valence-corrected chi connectivity index (χ4v) is 9.96. The van der Waals surface area contributed by atoms with Gasteiger partial charge in [-0.1, -0.05) is 293 Å². The molecular weight excluding hydrogens is 967 g/mol. The summed E-state index contributed by atoms with van der Waals surface area (Å²) in [6, 6.07) is -1.03. The van der Waals surface area contributed by atoms with Crippen molar-refractivity contribution in [3.63, 3.8) is 0 Å². The van der Waals surface area contributed by atoms with Gasteiger partial charge in [0.1, 0.15) is 24.4 Å². The summed E-state index contributed by atoms with van der Waals surface area (Å²) in [6.45, 7) is 5.65. The number of unbranched alkanes of at least 4 members (excludes halogenated alkanes) is 35. The molecule has 1 aliphatic heterocycles. The third kappa shape index (κ3) is 42.0. The van der Waals surface area contributed by atoms with Crippen LogP contribution in [-0.4, -0.2) is 99.6 Å². The zero-order chi connectivity index (χ0) is 56.1. The van der Waals surface area contributed by atoms with E-state index in [9.17, 15) is 35.1 Å². The van der Waals surface area contributed by atoms with Crippen LogP contribution in [0, 0.1) is 0 Å². The van der Waals surface area contributed by atoms with Gasteiger partial charge in [-0.15, -0.1) is 0 Å². The summed E-state index contributed by atoms with van der Waals surface area (Å²) < 4.78 is 17.6. The molecule has 1 rings (SSSR count). The van der Waals surface area contributed by atoms with Crippen molar-refractivity contribution >= 4 is 11.9 Å². The number of aliphatic hydroxyl groups excluding tert-OH is 5. The van der Waals surface area contributed by atoms with Gasteiger partial charge in [-0.2, -0.15) is 0 Å². The molecule has 11 heteroatoms. The highest BCUT2D eigenvalue weighted by molar-refractivity contribution is 5.80.